The number of morpholine rings is 1. The molecule has 3 aliphatic heterocycles. The third-order valence-corrected chi connectivity index (χ3v) is 10.5. The number of rotatable bonds is 5. The number of fused-ring (bicyclic) bond motifs is 1. The molecule has 11 heteroatoms. The van der Waals surface area contributed by atoms with Gasteiger partial charge in [-0.3, -0.25) is 9.59 Å². The molecule has 2 aromatic rings. The van der Waals surface area contributed by atoms with Gasteiger partial charge in [-0.2, -0.15) is 4.31 Å². The number of hydrogen-bond acceptors (Lipinski definition) is 7. The first kappa shape index (κ1) is 26.3. The van der Waals surface area contributed by atoms with E-state index >= 15 is 0 Å². The van der Waals surface area contributed by atoms with Crippen molar-refractivity contribution in [1.29, 1.82) is 0 Å². The van der Waals surface area contributed by atoms with Crippen molar-refractivity contribution in [2.24, 2.45) is 5.92 Å². The van der Waals surface area contributed by atoms with E-state index in [-0.39, 0.29) is 16.7 Å². The molecule has 9 nitrogen and oxygen atoms in total. The number of carbonyl (C=O) groups excluding carboxylic acids is 2. The summed E-state index contributed by atoms with van der Waals surface area (Å²) in [6.07, 6.45) is 2.46. The molecule has 2 fully saturated rings. The highest BCUT2D eigenvalue weighted by molar-refractivity contribution is 7.89. The molecule has 0 atom stereocenters. The predicted octanol–water partition coefficient (Wildman–Crippen LogP) is 2.88. The van der Waals surface area contributed by atoms with Crippen molar-refractivity contribution in [3.63, 3.8) is 0 Å². The van der Waals surface area contributed by atoms with Crippen LogP contribution < -0.4 is 5.32 Å². The molecule has 200 valence electrons. The Labute approximate surface area is 222 Å². The Morgan fingerprint density at radius 3 is 2.38 bits per heavy atom. The van der Waals surface area contributed by atoms with Crippen LogP contribution in [0, 0.1) is 5.92 Å². The lowest BCUT2D eigenvalue weighted by Gasteiger charge is -2.29. The van der Waals surface area contributed by atoms with Gasteiger partial charge in [0.1, 0.15) is 5.00 Å². The largest absolute Gasteiger partial charge is 0.378 e. The predicted molar refractivity (Wildman–Crippen MR) is 143 cm³/mol. The highest BCUT2D eigenvalue weighted by Crippen LogP contribution is 2.38. The van der Waals surface area contributed by atoms with E-state index < -0.39 is 10.0 Å². The van der Waals surface area contributed by atoms with Gasteiger partial charge in [-0.05, 0) is 62.1 Å². The molecule has 37 heavy (non-hydrogen) atoms. The number of amides is 2. The second-order valence-electron chi connectivity index (χ2n) is 10.2. The van der Waals surface area contributed by atoms with Gasteiger partial charge < -0.3 is 19.9 Å². The average Bonchev–Trinajstić information content (AvgIpc) is 3.25. The van der Waals surface area contributed by atoms with Crippen LogP contribution in [0.25, 0.3) is 0 Å². The fourth-order valence-electron chi connectivity index (χ4n) is 5.10. The van der Waals surface area contributed by atoms with Crippen LogP contribution in [0.5, 0.6) is 0 Å². The zero-order valence-corrected chi connectivity index (χ0v) is 23.0. The second kappa shape index (κ2) is 10.8. The van der Waals surface area contributed by atoms with Crippen molar-refractivity contribution in [3.8, 4) is 0 Å². The molecule has 0 saturated carbocycles. The topological polar surface area (TPSA) is 99.3 Å². The van der Waals surface area contributed by atoms with Crippen LogP contribution in [0.2, 0.25) is 0 Å². The van der Waals surface area contributed by atoms with Gasteiger partial charge >= 0.3 is 0 Å². The first-order valence-corrected chi connectivity index (χ1v) is 15.1. The Balaban J connectivity index is 1.36. The van der Waals surface area contributed by atoms with E-state index in [0.29, 0.717) is 61.4 Å². The van der Waals surface area contributed by atoms with Gasteiger partial charge in [0.15, 0.2) is 0 Å². The summed E-state index contributed by atoms with van der Waals surface area (Å²) in [5.74, 6) is 0.0949. The third kappa shape index (κ3) is 5.46. The number of benzene rings is 1. The molecule has 1 aromatic carbocycles. The smallest absolute Gasteiger partial charge is 0.257 e. The zero-order valence-electron chi connectivity index (χ0n) is 21.4. The van der Waals surface area contributed by atoms with Crippen LogP contribution in [0.15, 0.2) is 29.2 Å². The summed E-state index contributed by atoms with van der Waals surface area (Å²) in [5.41, 5.74) is 1.95. The first-order valence-electron chi connectivity index (χ1n) is 12.9. The summed E-state index contributed by atoms with van der Waals surface area (Å²) in [4.78, 5) is 32.0. The molecule has 3 aliphatic rings. The van der Waals surface area contributed by atoms with Gasteiger partial charge in [0.05, 0.1) is 23.7 Å². The minimum absolute atomic E-state index is 0.0713. The van der Waals surface area contributed by atoms with Gasteiger partial charge in [-0.25, -0.2) is 8.42 Å². The van der Waals surface area contributed by atoms with E-state index in [4.69, 9.17) is 4.74 Å². The van der Waals surface area contributed by atoms with Gasteiger partial charge in [0.2, 0.25) is 10.0 Å². The van der Waals surface area contributed by atoms with E-state index in [1.165, 1.54) is 27.8 Å². The van der Waals surface area contributed by atoms with Crippen LogP contribution in [-0.2, 0) is 27.7 Å². The van der Waals surface area contributed by atoms with E-state index in [2.05, 4.69) is 17.1 Å². The first-order chi connectivity index (χ1) is 17.7. The minimum Gasteiger partial charge on any atom is -0.378 e. The highest BCUT2D eigenvalue weighted by Gasteiger charge is 2.32. The fourth-order valence-corrected chi connectivity index (χ4v) is 7.88. The Morgan fingerprint density at radius 1 is 1.03 bits per heavy atom. The lowest BCUT2D eigenvalue weighted by molar-refractivity contribution is 0.0303. The molecule has 0 bridgehead atoms. The summed E-state index contributed by atoms with van der Waals surface area (Å²) >= 11 is 1.45. The molecule has 1 aromatic heterocycles. The average molecular weight is 547 g/mol. The van der Waals surface area contributed by atoms with Crippen molar-refractivity contribution >= 4 is 38.2 Å². The van der Waals surface area contributed by atoms with Crippen LogP contribution in [0.1, 0.15) is 50.9 Å². The zero-order chi connectivity index (χ0) is 26.2. The van der Waals surface area contributed by atoms with E-state index in [1.54, 1.807) is 17.0 Å². The summed E-state index contributed by atoms with van der Waals surface area (Å²) in [7, 11) is -1.54. The molecule has 1 N–H and O–H groups in total. The van der Waals surface area contributed by atoms with Crippen LogP contribution >= 0.6 is 11.3 Å². The molecule has 0 spiro atoms. The monoisotopic (exact) mass is 546 g/mol. The van der Waals surface area contributed by atoms with Gasteiger partial charge in [-0.1, -0.05) is 6.92 Å². The van der Waals surface area contributed by atoms with Gasteiger partial charge in [0, 0.05) is 49.7 Å². The van der Waals surface area contributed by atoms with Gasteiger partial charge in [-0.15, -0.1) is 11.3 Å². The number of ether oxygens (including phenoxy) is 1. The number of sulfonamides is 1. The van der Waals surface area contributed by atoms with Crippen molar-refractivity contribution in [3.05, 3.63) is 45.8 Å². The molecule has 0 aliphatic carbocycles. The third-order valence-electron chi connectivity index (χ3n) is 7.48. The lowest BCUT2D eigenvalue weighted by atomic mass is 10.0. The Bertz CT molecular complexity index is 1260. The van der Waals surface area contributed by atoms with Gasteiger partial charge in [0.25, 0.3) is 11.8 Å². The number of nitrogens with zero attached hydrogens (tertiary/aromatic N) is 3. The lowest BCUT2D eigenvalue weighted by Crippen LogP contribution is -2.41. The molecule has 2 saturated heterocycles. The van der Waals surface area contributed by atoms with E-state index in [0.717, 1.165) is 42.8 Å². The number of carbonyl (C=O) groups is 2. The van der Waals surface area contributed by atoms with Crippen molar-refractivity contribution in [1.82, 2.24) is 14.1 Å². The normalized spacial score (nSPS) is 20.0. The minimum atomic E-state index is -3.59. The maximum atomic E-state index is 13.5. The molecular weight excluding hydrogens is 512 g/mol. The Kier molecular flexibility index (Phi) is 7.69. The number of piperidine rings is 1. The fraction of sp³-hybridized carbons (Fsp3) is 0.538. The molecule has 2 amide bonds. The Hall–Kier alpha value is -2.31. The summed E-state index contributed by atoms with van der Waals surface area (Å²) in [6.45, 7) is 6.84. The molecule has 4 heterocycles. The standard InChI is InChI=1S/C26H34N4O5S2/c1-18-7-11-30(12-8-18)37(33,34)20-5-3-19(4-6-20)24(31)27-25-23(26(32)29-13-15-35-16-14-29)21-9-10-28(2)17-22(21)36-25/h3-6,18H,7-17H2,1-2H3,(H,27,31). The number of hydrogen-bond donors (Lipinski definition) is 1. The van der Waals surface area contributed by atoms with Crippen molar-refractivity contribution in [2.75, 3.05) is 58.3 Å². The van der Waals surface area contributed by atoms with Crippen LogP contribution in [0.4, 0.5) is 5.00 Å². The highest BCUT2D eigenvalue weighted by atomic mass is 32.2. The van der Waals surface area contributed by atoms with Crippen molar-refractivity contribution in [2.45, 2.75) is 37.6 Å². The number of likely N-dealkylation sites (N-methyl/N-ethyl adjacent to an activating group) is 1. The summed E-state index contributed by atoms with van der Waals surface area (Å²) < 4.78 is 33.0. The molecule has 0 unspecified atom stereocenters. The quantitative estimate of drug-likeness (QED) is 0.619. The maximum absolute atomic E-state index is 13.5. The summed E-state index contributed by atoms with van der Waals surface area (Å²) in [6, 6.07) is 6.08. The number of thiophene rings is 1. The van der Waals surface area contributed by atoms with Crippen LogP contribution in [-0.4, -0.2) is 87.3 Å². The summed E-state index contributed by atoms with van der Waals surface area (Å²) in [5, 5.41) is 3.52. The number of anilines is 1. The SMILES string of the molecule is CC1CCN(S(=O)(=O)c2ccc(C(=O)Nc3sc4c(c3C(=O)N3CCOCC3)CCN(C)C4)cc2)CC1. The molecule has 0 radical (unpaired) electrons. The Morgan fingerprint density at radius 2 is 1.70 bits per heavy atom. The molecule has 5 rings (SSSR count). The number of nitrogens with one attached hydrogen (secondary N) is 1. The maximum Gasteiger partial charge on any atom is 0.257 e. The van der Waals surface area contributed by atoms with E-state index in [1.807, 2.05) is 7.05 Å². The van der Waals surface area contributed by atoms with E-state index in [9.17, 15) is 18.0 Å². The second-order valence-corrected chi connectivity index (χ2v) is 13.2. The molecular formula is C26H34N4O5S2. The van der Waals surface area contributed by atoms with Crippen molar-refractivity contribution < 1.29 is 22.7 Å². The van der Waals surface area contributed by atoms with Crippen LogP contribution in [0.3, 0.4) is 0 Å².